The van der Waals surface area contributed by atoms with Gasteiger partial charge in [0.25, 0.3) is 0 Å². The molecule has 2 fully saturated rings. The van der Waals surface area contributed by atoms with Crippen molar-refractivity contribution < 1.29 is 4.79 Å². The second kappa shape index (κ2) is 7.90. The molecule has 20 heavy (non-hydrogen) atoms. The molecule has 0 aromatic rings. The van der Waals surface area contributed by atoms with Crippen LogP contribution < -0.4 is 10.6 Å². The van der Waals surface area contributed by atoms with Gasteiger partial charge in [-0.15, -0.1) is 0 Å². The smallest absolute Gasteiger partial charge is 0.322 e. The van der Waals surface area contributed by atoms with Gasteiger partial charge in [-0.1, -0.05) is 32.6 Å². The maximum atomic E-state index is 12.1. The number of allylic oxidation sites excluding steroid dienone is 4. The Bertz CT molecular complexity index is 393. The van der Waals surface area contributed by atoms with Crippen LogP contribution >= 0.6 is 0 Å². The highest BCUT2D eigenvalue weighted by Crippen LogP contribution is 2.33. The maximum Gasteiger partial charge on any atom is 0.322 e. The van der Waals surface area contributed by atoms with E-state index in [-0.39, 0.29) is 11.6 Å². The minimum Gasteiger partial charge on any atom is -0.335 e. The van der Waals surface area contributed by atoms with Crippen molar-refractivity contribution >= 4 is 6.03 Å². The van der Waals surface area contributed by atoms with E-state index in [1.165, 1.54) is 0 Å². The molecule has 0 bridgehead atoms. The zero-order chi connectivity index (χ0) is 15.0. The van der Waals surface area contributed by atoms with Crippen molar-refractivity contribution in [1.82, 2.24) is 15.5 Å². The summed E-state index contributed by atoms with van der Waals surface area (Å²) in [5.74, 6) is 0. The van der Waals surface area contributed by atoms with E-state index in [1.807, 2.05) is 43.9 Å². The average Bonchev–Trinajstić information content (AvgIpc) is 2.78. The van der Waals surface area contributed by atoms with Crippen LogP contribution in [0.25, 0.3) is 0 Å². The van der Waals surface area contributed by atoms with Crippen molar-refractivity contribution in [3.05, 3.63) is 36.6 Å². The van der Waals surface area contributed by atoms with E-state index >= 15 is 0 Å². The lowest BCUT2D eigenvalue weighted by atomic mass is 9.87. The summed E-state index contributed by atoms with van der Waals surface area (Å²) >= 11 is 0. The van der Waals surface area contributed by atoms with E-state index in [0.717, 1.165) is 38.2 Å². The van der Waals surface area contributed by atoms with E-state index in [9.17, 15) is 4.79 Å². The van der Waals surface area contributed by atoms with Crippen molar-refractivity contribution in [3.8, 4) is 0 Å². The summed E-state index contributed by atoms with van der Waals surface area (Å²) < 4.78 is 0. The van der Waals surface area contributed by atoms with Crippen molar-refractivity contribution in [2.24, 2.45) is 0 Å². The highest BCUT2D eigenvalue weighted by atomic mass is 16.2. The van der Waals surface area contributed by atoms with Gasteiger partial charge < -0.3 is 10.6 Å². The molecule has 0 atom stereocenters. The Labute approximate surface area is 122 Å². The minimum atomic E-state index is -0.0727. The number of rotatable bonds is 3. The summed E-state index contributed by atoms with van der Waals surface area (Å²) in [6.07, 6.45) is 9.52. The quantitative estimate of drug-likeness (QED) is 0.779. The fourth-order valence-corrected chi connectivity index (χ4v) is 2.79. The molecule has 2 N–H and O–H groups in total. The first kappa shape index (κ1) is 16.5. The molecule has 0 saturated carbocycles. The van der Waals surface area contributed by atoms with Gasteiger partial charge in [0, 0.05) is 12.2 Å². The van der Waals surface area contributed by atoms with Gasteiger partial charge in [-0.05, 0) is 45.0 Å². The largest absolute Gasteiger partial charge is 0.335 e. The van der Waals surface area contributed by atoms with Gasteiger partial charge in [0.05, 0.1) is 5.54 Å². The Morgan fingerprint density at radius 1 is 1.35 bits per heavy atom. The van der Waals surface area contributed by atoms with Gasteiger partial charge in [-0.2, -0.15) is 0 Å². The van der Waals surface area contributed by atoms with E-state index in [1.54, 1.807) is 6.08 Å². The van der Waals surface area contributed by atoms with E-state index < -0.39 is 0 Å². The monoisotopic (exact) mass is 277 g/mol. The summed E-state index contributed by atoms with van der Waals surface area (Å²) in [6.45, 7) is 12.3. The number of urea groups is 1. The number of carbonyl (C=O) groups excluding carboxylic acids is 1. The molecular formula is C16H27N3O. The molecule has 0 unspecified atom stereocenters. The molecule has 0 aliphatic carbocycles. The van der Waals surface area contributed by atoms with Gasteiger partial charge in [-0.3, -0.25) is 4.90 Å². The third-order valence-corrected chi connectivity index (χ3v) is 3.66. The summed E-state index contributed by atoms with van der Waals surface area (Å²) in [7, 11) is 0. The topological polar surface area (TPSA) is 44.4 Å². The van der Waals surface area contributed by atoms with Crippen molar-refractivity contribution in [2.75, 3.05) is 19.6 Å². The fraction of sp³-hybridized carbons (Fsp3) is 0.562. The lowest BCUT2D eigenvalue weighted by Crippen LogP contribution is -2.52. The third kappa shape index (κ3) is 3.31. The molecule has 2 aliphatic rings. The predicted octanol–water partition coefficient (Wildman–Crippen LogP) is 2.81. The molecule has 2 aliphatic heterocycles. The highest BCUT2D eigenvalue weighted by molar-refractivity contribution is 5.80. The number of hydrogen-bond donors (Lipinski definition) is 2. The first-order valence-electron chi connectivity index (χ1n) is 7.48. The molecular weight excluding hydrogens is 250 g/mol. The van der Waals surface area contributed by atoms with Gasteiger partial charge in [0.15, 0.2) is 0 Å². The minimum absolute atomic E-state index is 0.00287. The lowest BCUT2D eigenvalue weighted by Gasteiger charge is -2.40. The van der Waals surface area contributed by atoms with Crippen LogP contribution in [0, 0.1) is 0 Å². The Kier molecular flexibility index (Phi) is 6.52. The SMILES string of the molecule is C=C/C=C(\C=C/C)N1C(=O)NCC12CCNCC2.CC. The molecule has 2 saturated heterocycles. The van der Waals surface area contributed by atoms with Crippen molar-refractivity contribution in [3.63, 3.8) is 0 Å². The van der Waals surface area contributed by atoms with E-state index in [4.69, 9.17) is 0 Å². The summed E-state index contributed by atoms with van der Waals surface area (Å²) in [6, 6.07) is 0.00287. The third-order valence-electron chi connectivity index (χ3n) is 3.66. The predicted molar refractivity (Wildman–Crippen MR) is 84.5 cm³/mol. The van der Waals surface area contributed by atoms with Crippen LogP contribution in [0.5, 0.6) is 0 Å². The molecule has 4 heteroatoms. The second-order valence-electron chi connectivity index (χ2n) is 4.80. The molecule has 4 nitrogen and oxygen atoms in total. The molecule has 2 rings (SSSR count). The van der Waals surface area contributed by atoms with Crippen LogP contribution in [-0.4, -0.2) is 36.1 Å². The number of nitrogens with zero attached hydrogens (tertiary/aromatic N) is 1. The number of hydrogen-bond acceptors (Lipinski definition) is 2. The van der Waals surface area contributed by atoms with Crippen LogP contribution in [0.2, 0.25) is 0 Å². The Morgan fingerprint density at radius 2 is 2.00 bits per heavy atom. The Morgan fingerprint density at radius 3 is 2.55 bits per heavy atom. The van der Waals surface area contributed by atoms with Crippen LogP contribution in [0.1, 0.15) is 33.6 Å². The first-order chi connectivity index (χ1) is 9.73. The van der Waals surface area contributed by atoms with Crippen LogP contribution in [0.3, 0.4) is 0 Å². The zero-order valence-corrected chi connectivity index (χ0v) is 12.9. The average molecular weight is 277 g/mol. The fourth-order valence-electron chi connectivity index (χ4n) is 2.79. The van der Waals surface area contributed by atoms with Crippen molar-refractivity contribution in [2.45, 2.75) is 39.2 Å². The highest BCUT2D eigenvalue weighted by Gasteiger charge is 2.46. The van der Waals surface area contributed by atoms with Gasteiger partial charge in [-0.25, -0.2) is 4.79 Å². The molecule has 112 valence electrons. The second-order valence-corrected chi connectivity index (χ2v) is 4.80. The Balaban J connectivity index is 0.000000956. The Hall–Kier alpha value is -1.55. The number of amides is 2. The molecule has 0 radical (unpaired) electrons. The zero-order valence-electron chi connectivity index (χ0n) is 12.9. The summed E-state index contributed by atoms with van der Waals surface area (Å²) in [5, 5.41) is 6.33. The van der Waals surface area contributed by atoms with Gasteiger partial charge in [0.2, 0.25) is 0 Å². The molecule has 0 aromatic carbocycles. The molecule has 2 heterocycles. The first-order valence-corrected chi connectivity index (χ1v) is 7.48. The number of carbonyl (C=O) groups is 1. The van der Waals surface area contributed by atoms with Crippen LogP contribution in [0.4, 0.5) is 4.79 Å². The van der Waals surface area contributed by atoms with Crippen LogP contribution in [-0.2, 0) is 0 Å². The lowest BCUT2D eigenvalue weighted by molar-refractivity contribution is 0.156. The molecule has 1 spiro atoms. The van der Waals surface area contributed by atoms with E-state index in [2.05, 4.69) is 17.2 Å². The van der Waals surface area contributed by atoms with Crippen LogP contribution in [0.15, 0.2) is 36.6 Å². The maximum absolute atomic E-state index is 12.1. The summed E-state index contributed by atoms with van der Waals surface area (Å²) in [4.78, 5) is 14.0. The molecule has 2 amide bonds. The summed E-state index contributed by atoms with van der Waals surface area (Å²) in [5.41, 5.74) is 0.848. The molecule has 0 aromatic heterocycles. The van der Waals surface area contributed by atoms with Gasteiger partial charge in [0.1, 0.15) is 0 Å². The number of nitrogens with one attached hydrogen (secondary N) is 2. The normalized spacial score (nSPS) is 21.6. The van der Waals surface area contributed by atoms with Gasteiger partial charge >= 0.3 is 6.03 Å². The van der Waals surface area contributed by atoms with E-state index in [0.29, 0.717) is 0 Å². The number of piperidine rings is 1. The standard InChI is InChI=1S/C14H21N3O.C2H6/c1-3-5-12(6-4-2)17-13(18)16-11-14(17)7-9-15-10-8-14;1-2/h3-6,15H,1,7-11H2,2H3,(H,16,18);1-2H3/b6-4-,12-5+;. The van der Waals surface area contributed by atoms with Crippen molar-refractivity contribution in [1.29, 1.82) is 0 Å².